The third-order valence-corrected chi connectivity index (χ3v) is 3.40. The van der Waals surface area contributed by atoms with Gasteiger partial charge in [-0.05, 0) is 24.3 Å². The molecule has 2 aromatic carbocycles. The Morgan fingerprint density at radius 2 is 1.79 bits per heavy atom. The molecule has 0 amide bonds. The zero-order valence-electron chi connectivity index (χ0n) is 12.6. The zero-order chi connectivity index (χ0) is 16.9. The van der Waals surface area contributed by atoms with E-state index in [2.05, 4.69) is 6.08 Å². The zero-order valence-corrected chi connectivity index (χ0v) is 12.6. The Balaban J connectivity index is 0.000000149. The Hall–Kier alpha value is -3.34. The summed E-state index contributed by atoms with van der Waals surface area (Å²) in [6.45, 7) is 0.705. The lowest BCUT2D eigenvalue weighted by molar-refractivity contribution is 0.0663. The Labute approximate surface area is 137 Å². The quantitative estimate of drug-likeness (QED) is 0.741. The van der Waals surface area contributed by atoms with Crippen LogP contribution in [0, 0.1) is 0 Å². The van der Waals surface area contributed by atoms with Crippen LogP contribution in [-0.4, -0.2) is 17.7 Å². The van der Waals surface area contributed by atoms with E-state index in [9.17, 15) is 9.59 Å². The van der Waals surface area contributed by atoms with Crippen LogP contribution in [0.2, 0.25) is 0 Å². The first kappa shape index (κ1) is 15.6. The van der Waals surface area contributed by atoms with E-state index in [0.717, 1.165) is 11.8 Å². The number of para-hydroxylation sites is 2. The molecule has 3 aromatic rings. The molecular formula is C19H14O5. The van der Waals surface area contributed by atoms with Crippen molar-refractivity contribution < 1.29 is 19.1 Å². The highest BCUT2D eigenvalue weighted by atomic mass is 16.5. The number of carboxylic acids is 1. The van der Waals surface area contributed by atoms with E-state index in [4.69, 9.17) is 14.3 Å². The van der Waals surface area contributed by atoms with Crippen molar-refractivity contribution in [1.82, 2.24) is 0 Å². The maximum atomic E-state index is 11.4. The van der Waals surface area contributed by atoms with Crippen LogP contribution in [0.1, 0.15) is 16.1 Å². The second-order valence-electron chi connectivity index (χ2n) is 5.03. The van der Waals surface area contributed by atoms with Crippen molar-refractivity contribution >= 4 is 23.0 Å². The van der Waals surface area contributed by atoms with Crippen molar-refractivity contribution in [1.29, 1.82) is 0 Å². The molecule has 24 heavy (non-hydrogen) atoms. The average Bonchev–Trinajstić information content (AvgIpc) is 2.62. The van der Waals surface area contributed by atoms with Gasteiger partial charge in [0.1, 0.15) is 17.9 Å². The third kappa shape index (κ3) is 3.35. The Kier molecular flexibility index (Phi) is 4.43. The van der Waals surface area contributed by atoms with Crippen LogP contribution < -0.4 is 10.2 Å². The average molecular weight is 322 g/mol. The molecule has 0 spiro atoms. The fourth-order valence-electron chi connectivity index (χ4n) is 2.27. The summed E-state index contributed by atoms with van der Waals surface area (Å²) in [6, 6.07) is 15.5. The lowest BCUT2D eigenvalue weighted by atomic mass is 10.1. The van der Waals surface area contributed by atoms with Crippen LogP contribution in [0.25, 0.3) is 17.0 Å². The number of carboxylic acid groups (broad SMARTS) is 1. The summed E-state index contributed by atoms with van der Waals surface area (Å²) < 4.78 is 10.3. The molecule has 0 saturated carbocycles. The van der Waals surface area contributed by atoms with E-state index in [1.807, 2.05) is 30.3 Å². The molecule has 5 nitrogen and oxygen atoms in total. The predicted octanol–water partition coefficient (Wildman–Crippen LogP) is 3.58. The SMILES string of the molecule is C1=Cc2ccccc2OC1.O=C(O)c1cc(=O)c2ccccc2o1. The predicted molar refractivity (Wildman–Crippen MR) is 90.4 cm³/mol. The molecule has 4 rings (SSSR count). The Morgan fingerprint density at radius 1 is 1.04 bits per heavy atom. The molecule has 0 radical (unpaired) electrons. The molecule has 120 valence electrons. The summed E-state index contributed by atoms with van der Waals surface area (Å²) in [6.07, 6.45) is 4.10. The van der Waals surface area contributed by atoms with E-state index in [1.54, 1.807) is 24.3 Å². The highest BCUT2D eigenvalue weighted by molar-refractivity contribution is 5.87. The molecule has 0 fully saturated rings. The summed E-state index contributed by atoms with van der Waals surface area (Å²) >= 11 is 0. The van der Waals surface area contributed by atoms with Crippen molar-refractivity contribution in [2.45, 2.75) is 0 Å². The molecule has 1 aromatic heterocycles. The minimum atomic E-state index is -1.24. The number of hydrogen-bond acceptors (Lipinski definition) is 4. The van der Waals surface area contributed by atoms with Gasteiger partial charge in [0.15, 0.2) is 5.43 Å². The molecular weight excluding hydrogens is 308 g/mol. The van der Waals surface area contributed by atoms with E-state index < -0.39 is 5.97 Å². The van der Waals surface area contributed by atoms with Crippen LogP contribution in [0.4, 0.5) is 0 Å². The maximum Gasteiger partial charge on any atom is 0.371 e. The fraction of sp³-hybridized carbons (Fsp3) is 0.0526. The molecule has 2 heterocycles. The van der Waals surface area contributed by atoms with Gasteiger partial charge in [0.2, 0.25) is 5.76 Å². The van der Waals surface area contributed by atoms with Gasteiger partial charge >= 0.3 is 5.97 Å². The number of carbonyl (C=O) groups is 1. The minimum Gasteiger partial charge on any atom is -0.489 e. The van der Waals surface area contributed by atoms with Crippen molar-refractivity contribution in [3.05, 3.63) is 82.2 Å². The van der Waals surface area contributed by atoms with Crippen LogP contribution >= 0.6 is 0 Å². The van der Waals surface area contributed by atoms with E-state index in [1.165, 1.54) is 5.56 Å². The number of rotatable bonds is 1. The highest BCUT2D eigenvalue weighted by Gasteiger charge is 2.09. The summed E-state index contributed by atoms with van der Waals surface area (Å²) in [4.78, 5) is 21.9. The summed E-state index contributed by atoms with van der Waals surface area (Å²) in [5, 5.41) is 9.02. The topological polar surface area (TPSA) is 76.7 Å². The molecule has 1 aliphatic heterocycles. The van der Waals surface area contributed by atoms with Gasteiger partial charge in [-0.3, -0.25) is 4.79 Å². The van der Waals surface area contributed by atoms with Gasteiger partial charge in [0.25, 0.3) is 0 Å². The second kappa shape index (κ2) is 6.83. The van der Waals surface area contributed by atoms with Gasteiger partial charge in [-0.2, -0.15) is 0 Å². The Bertz CT molecular complexity index is 969. The number of aromatic carboxylic acids is 1. The molecule has 0 unspecified atom stereocenters. The largest absolute Gasteiger partial charge is 0.489 e. The molecule has 0 saturated heterocycles. The Morgan fingerprint density at radius 3 is 2.58 bits per heavy atom. The van der Waals surface area contributed by atoms with Gasteiger partial charge in [-0.1, -0.05) is 36.4 Å². The van der Waals surface area contributed by atoms with E-state index >= 15 is 0 Å². The van der Waals surface area contributed by atoms with Gasteiger partial charge in [-0.15, -0.1) is 0 Å². The fourth-order valence-corrected chi connectivity index (χ4v) is 2.27. The van der Waals surface area contributed by atoms with E-state index in [-0.39, 0.29) is 16.8 Å². The smallest absolute Gasteiger partial charge is 0.371 e. The molecule has 1 aliphatic rings. The van der Waals surface area contributed by atoms with Crippen molar-refractivity contribution in [3.63, 3.8) is 0 Å². The molecule has 0 bridgehead atoms. The first-order valence-corrected chi connectivity index (χ1v) is 7.30. The molecule has 5 heteroatoms. The normalized spacial score (nSPS) is 11.8. The summed E-state index contributed by atoms with van der Waals surface area (Å²) in [7, 11) is 0. The standard InChI is InChI=1S/C10H6O4.C9H8O/c11-7-5-9(10(12)13)14-8-4-2-1-3-6(7)8;1-2-6-9-8(4-1)5-3-7-10-9/h1-5H,(H,12,13);1-6H,7H2. The van der Waals surface area contributed by atoms with Gasteiger partial charge < -0.3 is 14.3 Å². The monoisotopic (exact) mass is 322 g/mol. The van der Waals surface area contributed by atoms with Crippen LogP contribution in [0.15, 0.2) is 69.9 Å². The lowest BCUT2D eigenvalue weighted by Gasteiger charge is -2.10. The minimum absolute atomic E-state index is 0.289. The first-order chi connectivity index (χ1) is 11.6. The third-order valence-electron chi connectivity index (χ3n) is 3.40. The number of hydrogen-bond donors (Lipinski definition) is 1. The second-order valence-corrected chi connectivity index (χ2v) is 5.03. The summed E-state index contributed by atoms with van der Waals surface area (Å²) in [5.74, 6) is -0.591. The number of fused-ring (bicyclic) bond motifs is 2. The van der Waals surface area contributed by atoms with Crippen LogP contribution in [0.3, 0.4) is 0 Å². The molecule has 0 aliphatic carbocycles. The highest BCUT2D eigenvalue weighted by Crippen LogP contribution is 2.21. The summed E-state index contributed by atoms with van der Waals surface area (Å²) in [5.41, 5.74) is 1.12. The van der Waals surface area contributed by atoms with Crippen molar-refractivity contribution in [2.75, 3.05) is 6.61 Å². The number of benzene rings is 2. The van der Waals surface area contributed by atoms with Gasteiger partial charge in [0.05, 0.1) is 5.39 Å². The van der Waals surface area contributed by atoms with Crippen molar-refractivity contribution in [3.8, 4) is 5.75 Å². The lowest BCUT2D eigenvalue weighted by Crippen LogP contribution is -2.05. The number of ether oxygens (including phenoxy) is 1. The van der Waals surface area contributed by atoms with Crippen molar-refractivity contribution in [2.24, 2.45) is 0 Å². The van der Waals surface area contributed by atoms with Crippen LogP contribution in [0.5, 0.6) is 5.75 Å². The maximum absolute atomic E-state index is 11.4. The van der Waals surface area contributed by atoms with E-state index in [0.29, 0.717) is 12.0 Å². The molecule has 1 N–H and O–H groups in total. The van der Waals surface area contributed by atoms with Crippen LogP contribution in [-0.2, 0) is 0 Å². The van der Waals surface area contributed by atoms with Gasteiger partial charge in [-0.25, -0.2) is 4.79 Å². The molecule has 0 atom stereocenters. The van der Waals surface area contributed by atoms with Gasteiger partial charge in [0, 0.05) is 11.6 Å². The first-order valence-electron chi connectivity index (χ1n) is 7.30.